The lowest BCUT2D eigenvalue weighted by Crippen LogP contribution is -2.09. The van der Waals surface area contributed by atoms with Crippen LogP contribution in [0, 0.1) is 0 Å². The van der Waals surface area contributed by atoms with E-state index >= 15 is 0 Å². The van der Waals surface area contributed by atoms with E-state index in [9.17, 15) is 4.79 Å². The number of hydrogen-bond donors (Lipinski definition) is 0. The maximum atomic E-state index is 10.8. The van der Waals surface area contributed by atoms with Gasteiger partial charge in [0, 0.05) is 26.2 Å². The normalized spacial score (nSPS) is 11.4. The summed E-state index contributed by atoms with van der Waals surface area (Å²) in [6.45, 7) is 3.79. The van der Waals surface area contributed by atoms with Crippen LogP contribution in [0.15, 0.2) is 11.8 Å². The molecule has 0 aliphatic heterocycles. The molecule has 0 N–H and O–H groups in total. The highest BCUT2D eigenvalue weighted by molar-refractivity contribution is 5.89. The van der Waals surface area contributed by atoms with Gasteiger partial charge in [0.1, 0.15) is 0 Å². The molecule has 2 heteroatoms. The van der Waals surface area contributed by atoms with Gasteiger partial charge in [0.25, 0.3) is 0 Å². The second-order valence-corrected chi connectivity index (χ2v) is 2.50. The van der Waals surface area contributed by atoms with Crippen molar-refractivity contribution >= 4 is 5.78 Å². The maximum Gasteiger partial charge on any atom is 0.157 e. The monoisotopic (exact) mass is 141 g/mol. The Morgan fingerprint density at radius 1 is 1.50 bits per heavy atom. The second-order valence-electron chi connectivity index (χ2n) is 2.50. The third-order valence-electron chi connectivity index (χ3n) is 1.42. The molecule has 0 aromatic carbocycles. The summed E-state index contributed by atoms with van der Waals surface area (Å²) in [4.78, 5) is 12.7. The number of nitrogens with zero attached hydrogens (tertiary/aromatic N) is 1. The highest BCUT2D eigenvalue weighted by Crippen LogP contribution is 1.96. The molecule has 0 radical (unpaired) electrons. The van der Waals surface area contributed by atoms with Gasteiger partial charge in [0.2, 0.25) is 0 Å². The van der Waals surface area contributed by atoms with Crippen molar-refractivity contribution in [1.82, 2.24) is 4.90 Å². The summed E-state index contributed by atoms with van der Waals surface area (Å²) in [7, 11) is 3.85. The molecule has 0 bridgehead atoms. The van der Waals surface area contributed by atoms with E-state index in [1.165, 1.54) is 0 Å². The smallest absolute Gasteiger partial charge is 0.157 e. The summed E-state index contributed by atoms with van der Waals surface area (Å²) in [6, 6.07) is 0. The zero-order valence-electron chi connectivity index (χ0n) is 7.14. The van der Waals surface area contributed by atoms with E-state index in [0.717, 1.165) is 5.70 Å². The molecule has 0 fully saturated rings. The van der Waals surface area contributed by atoms with Crippen molar-refractivity contribution in [2.75, 3.05) is 14.1 Å². The van der Waals surface area contributed by atoms with Crippen LogP contribution in [0.2, 0.25) is 0 Å². The third kappa shape index (κ3) is 3.28. The minimum absolute atomic E-state index is 0.186. The second kappa shape index (κ2) is 4.09. The van der Waals surface area contributed by atoms with Crippen molar-refractivity contribution in [2.24, 2.45) is 0 Å². The standard InChI is InChI=1S/C8H15NO/c1-5-8(10)6-7(2)9(3)4/h6H,5H2,1-4H3/b7-6+. The maximum absolute atomic E-state index is 10.8. The van der Waals surface area contributed by atoms with Crippen LogP contribution in [0.25, 0.3) is 0 Å². The molecule has 0 atom stereocenters. The number of rotatable bonds is 3. The summed E-state index contributed by atoms with van der Waals surface area (Å²) in [5, 5.41) is 0. The minimum Gasteiger partial charge on any atom is -0.381 e. The average molecular weight is 141 g/mol. The van der Waals surface area contributed by atoms with E-state index < -0.39 is 0 Å². The van der Waals surface area contributed by atoms with Crippen LogP contribution in [-0.4, -0.2) is 24.8 Å². The van der Waals surface area contributed by atoms with Crippen LogP contribution in [0.3, 0.4) is 0 Å². The Bertz CT molecular complexity index is 147. The first-order valence-corrected chi connectivity index (χ1v) is 3.46. The molecule has 0 unspecified atom stereocenters. The Labute approximate surface area is 62.5 Å². The molecule has 0 aromatic rings. The SMILES string of the molecule is CCC(=O)/C=C(\C)N(C)C. The fourth-order valence-corrected chi connectivity index (χ4v) is 0.464. The van der Waals surface area contributed by atoms with Gasteiger partial charge in [-0.25, -0.2) is 0 Å². The Hall–Kier alpha value is -0.790. The zero-order chi connectivity index (χ0) is 8.15. The molecule has 0 saturated heterocycles. The predicted octanol–water partition coefficient (Wildman–Crippen LogP) is 1.43. The molecule has 0 heterocycles. The Morgan fingerprint density at radius 2 is 2.00 bits per heavy atom. The topological polar surface area (TPSA) is 20.3 Å². The minimum atomic E-state index is 0.186. The molecule has 58 valence electrons. The lowest BCUT2D eigenvalue weighted by Gasteiger charge is -2.11. The molecular weight excluding hydrogens is 126 g/mol. The molecule has 0 aliphatic rings. The molecule has 0 rings (SSSR count). The van der Waals surface area contributed by atoms with Gasteiger partial charge in [-0.2, -0.15) is 0 Å². The van der Waals surface area contributed by atoms with E-state index in [0.29, 0.717) is 6.42 Å². The van der Waals surface area contributed by atoms with E-state index in [1.54, 1.807) is 6.08 Å². The molecular formula is C8H15NO. The van der Waals surface area contributed by atoms with E-state index in [2.05, 4.69) is 0 Å². The first-order chi connectivity index (χ1) is 4.57. The number of ketones is 1. The number of carbonyl (C=O) groups excluding carboxylic acids is 1. The van der Waals surface area contributed by atoms with Gasteiger partial charge in [-0.3, -0.25) is 4.79 Å². The fraction of sp³-hybridized carbons (Fsp3) is 0.625. The van der Waals surface area contributed by atoms with Gasteiger partial charge in [-0.15, -0.1) is 0 Å². The Balaban J connectivity index is 4.03. The van der Waals surface area contributed by atoms with Crippen molar-refractivity contribution < 1.29 is 4.79 Å². The Kier molecular flexibility index (Phi) is 3.77. The summed E-state index contributed by atoms with van der Waals surface area (Å²) in [5.74, 6) is 0.186. The number of carbonyl (C=O) groups is 1. The Morgan fingerprint density at radius 3 is 2.30 bits per heavy atom. The first kappa shape index (κ1) is 9.21. The van der Waals surface area contributed by atoms with E-state index in [1.807, 2.05) is 32.8 Å². The lowest BCUT2D eigenvalue weighted by atomic mass is 10.2. The first-order valence-electron chi connectivity index (χ1n) is 3.46. The van der Waals surface area contributed by atoms with Crippen molar-refractivity contribution in [2.45, 2.75) is 20.3 Å². The van der Waals surface area contributed by atoms with Gasteiger partial charge in [-0.05, 0) is 13.0 Å². The molecule has 0 saturated carbocycles. The summed E-state index contributed by atoms with van der Waals surface area (Å²) >= 11 is 0. The van der Waals surface area contributed by atoms with E-state index in [-0.39, 0.29) is 5.78 Å². The van der Waals surface area contributed by atoms with Gasteiger partial charge in [-0.1, -0.05) is 6.92 Å². The molecule has 0 aromatic heterocycles. The summed E-state index contributed by atoms with van der Waals surface area (Å²) < 4.78 is 0. The van der Waals surface area contributed by atoms with Crippen molar-refractivity contribution in [3.63, 3.8) is 0 Å². The molecule has 2 nitrogen and oxygen atoms in total. The molecule has 0 amide bonds. The number of hydrogen-bond acceptors (Lipinski definition) is 2. The largest absolute Gasteiger partial charge is 0.381 e. The highest BCUT2D eigenvalue weighted by Gasteiger charge is 1.95. The lowest BCUT2D eigenvalue weighted by molar-refractivity contribution is -0.114. The van der Waals surface area contributed by atoms with Gasteiger partial charge < -0.3 is 4.90 Å². The van der Waals surface area contributed by atoms with Gasteiger partial charge >= 0.3 is 0 Å². The van der Waals surface area contributed by atoms with E-state index in [4.69, 9.17) is 0 Å². The van der Waals surface area contributed by atoms with Crippen LogP contribution in [0.1, 0.15) is 20.3 Å². The van der Waals surface area contributed by atoms with Crippen molar-refractivity contribution in [3.05, 3.63) is 11.8 Å². The van der Waals surface area contributed by atoms with Crippen molar-refractivity contribution in [3.8, 4) is 0 Å². The average Bonchev–Trinajstić information content (AvgIpc) is 1.87. The van der Waals surface area contributed by atoms with Crippen molar-refractivity contribution in [1.29, 1.82) is 0 Å². The predicted molar refractivity (Wildman–Crippen MR) is 42.7 cm³/mol. The third-order valence-corrected chi connectivity index (χ3v) is 1.42. The zero-order valence-corrected chi connectivity index (χ0v) is 7.14. The van der Waals surface area contributed by atoms with Gasteiger partial charge in [0.15, 0.2) is 5.78 Å². The van der Waals surface area contributed by atoms with Gasteiger partial charge in [0.05, 0.1) is 0 Å². The van der Waals surface area contributed by atoms with Crippen LogP contribution < -0.4 is 0 Å². The van der Waals surface area contributed by atoms with Crippen LogP contribution in [0.4, 0.5) is 0 Å². The molecule has 0 aliphatic carbocycles. The quantitative estimate of drug-likeness (QED) is 0.554. The van der Waals surface area contributed by atoms with Crippen LogP contribution >= 0.6 is 0 Å². The summed E-state index contributed by atoms with van der Waals surface area (Å²) in [5.41, 5.74) is 1.01. The number of allylic oxidation sites excluding steroid dienone is 2. The molecule has 10 heavy (non-hydrogen) atoms. The molecule has 0 spiro atoms. The van der Waals surface area contributed by atoms with Crippen LogP contribution in [-0.2, 0) is 4.79 Å². The van der Waals surface area contributed by atoms with Crippen LogP contribution in [0.5, 0.6) is 0 Å². The summed E-state index contributed by atoms with van der Waals surface area (Å²) in [6.07, 6.45) is 2.26. The fourth-order valence-electron chi connectivity index (χ4n) is 0.464. The highest BCUT2D eigenvalue weighted by atomic mass is 16.1.